The first-order valence-electron chi connectivity index (χ1n) is 8.66. The molecular weight excluding hydrogens is 360 g/mol. The lowest BCUT2D eigenvalue weighted by Gasteiger charge is -2.08. The summed E-state index contributed by atoms with van der Waals surface area (Å²) in [5.41, 5.74) is 4.28. The minimum Gasteiger partial charge on any atom is -0.321 e. The molecule has 7 heteroatoms. The van der Waals surface area contributed by atoms with Gasteiger partial charge < -0.3 is 10.6 Å². The van der Waals surface area contributed by atoms with E-state index in [2.05, 4.69) is 31.4 Å². The fourth-order valence-corrected chi connectivity index (χ4v) is 3.59. The number of anilines is 2. The number of nitrogens with one attached hydrogen (secondary N) is 2. The molecule has 3 aromatic heterocycles. The molecule has 27 heavy (non-hydrogen) atoms. The van der Waals surface area contributed by atoms with Crippen LogP contribution in [0.2, 0.25) is 0 Å². The van der Waals surface area contributed by atoms with Crippen molar-refractivity contribution in [3.63, 3.8) is 0 Å². The van der Waals surface area contributed by atoms with Crippen LogP contribution in [-0.2, 0) is 4.79 Å². The monoisotopic (exact) mass is 378 g/mol. The van der Waals surface area contributed by atoms with Crippen LogP contribution >= 0.6 is 11.3 Å². The number of aromatic nitrogens is 2. The number of thiophene rings is 1. The maximum atomic E-state index is 12.6. The average Bonchev–Trinajstić information content (AvgIpc) is 3.43. The third-order valence-electron chi connectivity index (χ3n) is 4.38. The van der Waals surface area contributed by atoms with Crippen molar-refractivity contribution in [2.75, 3.05) is 10.6 Å². The third kappa shape index (κ3) is 4.03. The molecule has 1 saturated carbocycles. The van der Waals surface area contributed by atoms with Crippen molar-refractivity contribution in [1.82, 2.24) is 9.97 Å². The Labute approximate surface area is 160 Å². The van der Waals surface area contributed by atoms with Gasteiger partial charge in [-0.1, -0.05) is 0 Å². The summed E-state index contributed by atoms with van der Waals surface area (Å²) in [6, 6.07) is 5.09. The van der Waals surface area contributed by atoms with Gasteiger partial charge in [-0.15, -0.1) is 0 Å². The first-order chi connectivity index (χ1) is 13.1. The molecule has 6 nitrogen and oxygen atoms in total. The summed E-state index contributed by atoms with van der Waals surface area (Å²) >= 11 is 1.63. The van der Waals surface area contributed by atoms with E-state index in [0.717, 1.165) is 24.0 Å². The summed E-state index contributed by atoms with van der Waals surface area (Å²) in [4.78, 5) is 32.8. The Morgan fingerprint density at radius 2 is 2.00 bits per heavy atom. The van der Waals surface area contributed by atoms with Gasteiger partial charge in [0, 0.05) is 29.4 Å². The Morgan fingerprint density at radius 1 is 1.15 bits per heavy atom. The van der Waals surface area contributed by atoms with E-state index in [4.69, 9.17) is 0 Å². The van der Waals surface area contributed by atoms with Crippen LogP contribution in [0, 0.1) is 12.8 Å². The lowest BCUT2D eigenvalue weighted by molar-refractivity contribution is -0.117. The molecule has 4 rings (SSSR count). The normalized spacial score (nSPS) is 13.2. The maximum absolute atomic E-state index is 12.6. The Hall–Kier alpha value is -3.06. The number of hydrogen-bond donors (Lipinski definition) is 2. The molecule has 0 spiro atoms. The molecule has 2 amide bonds. The Balaban J connectivity index is 1.49. The summed E-state index contributed by atoms with van der Waals surface area (Å²) < 4.78 is 0. The number of hydrogen-bond acceptors (Lipinski definition) is 5. The van der Waals surface area contributed by atoms with Crippen molar-refractivity contribution < 1.29 is 9.59 Å². The van der Waals surface area contributed by atoms with Crippen LogP contribution in [0.3, 0.4) is 0 Å². The molecule has 136 valence electrons. The number of aryl methyl sites for hydroxylation is 1. The van der Waals surface area contributed by atoms with Crippen LogP contribution < -0.4 is 10.6 Å². The zero-order chi connectivity index (χ0) is 18.8. The lowest BCUT2D eigenvalue weighted by Crippen LogP contribution is -2.16. The molecule has 2 N–H and O–H groups in total. The van der Waals surface area contributed by atoms with E-state index in [-0.39, 0.29) is 17.7 Å². The van der Waals surface area contributed by atoms with Gasteiger partial charge in [0.1, 0.15) is 5.82 Å². The minimum atomic E-state index is -0.277. The second-order valence-electron chi connectivity index (χ2n) is 6.58. The predicted molar refractivity (Wildman–Crippen MR) is 106 cm³/mol. The fourth-order valence-electron chi connectivity index (χ4n) is 2.73. The number of pyridine rings is 2. The largest absolute Gasteiger partial charge is 0.321 e. The smallest absolute Gasteiger partial charge is 0.255 e. The van der Waals surface area contributed by atoms with Crippen molar-refractivity contribution in [3.05, 3.63) is 58.7 Å². The SMILES string of the molecule is Cc1cscc1-c1cncc(NC(=O)c2ccnc(NC(=O)C3CC3)c2)c1. The van der Waals surface area contributed by atoms with Crippen molar-refractivity contribution in [2.45, 2.75) is 19.8 Å². The summed E-state index contributed by atoms with van der Waals surface area (Å²) in [5, 5.41) is 9.76. The quantitative estimate of drug-likeness (QED) is 0.700. The standard InChI is InChI=1S/C20H18N4O2S/c1-12-10-27-11-17(12)15-6-16(9-21-8-15)23-20(26)14-4-5-22-18(7-14)24-19(25)13-2-3-13/h4-11,13H,2-3H2,1H3,(H,23,26)(H,22,24,25). The van der Waals surface area contributed by atoms with E-state index in [1.807, 2.05) is 13.0 Å². The molecule has 0 bridgehead atoms. The van der Waals surface area contributed by atoms with E-state index in [0.29, 0.717) is 17.1 Å². The maximum Gasteiger partial charge on any atom is 0.255 e. The molecular formula is C20H18N4O2S. The molecule has 3 aromatic rings. The highest BCUT2D eigenvalue weighted by Gasteiger charge is 2.29. The summed E-state index contributed by atoms with van der Waals surface area (Å²) in [5.74, 6) is 0.155. The van der Waals surface area contributed by atoms with Crippen LogP contribution in [0.15, 0.2) is 47.5 Å². The van der Waals surface area contributed by atoms with Gasteiger partial charge in [-0.05, 0) is 59.9 Å². The van der Waals surface area contributed by atoms with Crippen molar-refractivity contribution in [3.8, 4) is 11.1 Å². The van der Waals surface area contributed by atoms with Gasteiger partial charge in [0.05, 0.1) is 11.9 Å². The number of carbonyl (C=O) groups excluding carboxylic acids is 2. The lowest BCUT2D eigenvalue weighted by atomic mass is 10.1. The highest BCUT2D eigenvalue weighted by Crippen LogP contribution is 2.30. The highest BCUT2D eigenvalue weighted by atomic mass is 32.1. The molecule has 0 aliphatic heterocycles. The Kier molecular flexibility index (Phi) is 4.68. The predicted octanol–water partition coefficient (Wildman–Crippen LogP) is 4.11. The second kappa shape index (κ2) is 7.28. The molecule has 1 aliphatic rings. The van der Waals surface area contributed by atoms with Gasteiger partial charge >= 0.3 is 0 Å². The Bertz CT molecular complexity index is 1010. The number of nitrogens with zero attached hydrogens (tertiary/aromatic N) is 2. The topological polar surface area (TPSA) is 84.0 Å². The molecule has 1 aliphatic carbocycles. The number of amides is 2. The van der Waals surface area contributed by atoms with E-state index >= 15 is 0 Å². The van der Waals surface area contributed by atoms with Crippen molar-refractivity contribution in [1.29, 1.82) is 0 Å². The third-order valence-corrected chi connectivity index (χ3v) is 5.25. The van der Waals surface area contributed by atoms with Crippen molar-refractivity contribution >= 4 is 34.7 Å². The molecule has 3 heterocycles. The second-order valence-corrected chi connectivity index (χ2v) is 7.32. The number of carbonyl (C=O) groups is 2. The first kappa shape index (κ1) is 17.4. The Morgan fingerprint density at radius 3 is 2.74 bits per heavy atom. The summed E-state index contributed by atoms with van der Waals surface area (Å²) in [6.45, 7) is 2.05. The van der Waals surface area contributed by atoms with Gasteiger partial charge in [-0.3, -0.25) is 14.6 Å². The van der Waals surface area contributed by atoms with E-state index in [1.165, 1.54) is 11.8 Å². The molecule has 0 aromatic carbocycles. The van der Waals surface area contributed by atoms with E-state index in [1.54, 1.807) is 35.9 Å². The first-order valence-corrected chi connectivity index (χ1v) is 9.61. The number of rotatable bonds is 5. The molecule has 0 saturated heterocycles. The molecule has 0 atom stereocenters. The van der Waals surface area contributed by atoms with Crippen LogP contribution in [0.25, 0.3) is 11.1 Å². The summed E-state index contributed by atoms with van der Waals surface area (Å²) in [7, 11) is 0. The van der Waals surface area contributed by atoms with Crippen molar-refractivity contribution in [2.24, 2.45) is 5.92 Å². The highest BCUT2D eigenvalue weighted by molar-refractivity contribution is 7.08. The van der Waals surface area contributed by atoms with Gasteiger partial charge in [-0.2, -0.15) is 11.3 Å². The molecule has 1 fully saturated rings. The van der Waals surface area contributed by atoms with Gasteiger partial charge in [0.2, 0.25) is 5.91 Å². The van der Waals surface area contributed by atoms with Crippen LogP contribution in [0.5, 0.6) is 0 Å². The molecule has 0 unspecified atom stereocenters. The van der Waals surface area contributed by atoms with Crippen LogP contribution in [0.4, 0.5) is 11.5 Å². The van der Waals surface area contributed by atoms with Crippen LogP contribution in [-0.4, -0.2) is 21.8 Å². The zero-order valence-electron chi connectivity index (χ0n) is 14.7. The minimum absolute atomic E-state index is 0.0388. The van der Waals surface area contributed by atoms with Gasteiger partial charge in [0.25, 0.3) is 5.91 Å². The zero-order valence-corrected chi connectivity index (χ0v) is 15.5. The fraction of sp³-hybridized carbons (Fsp3) is 0.200. The van der Waals surface area contributed by atoms with E-state index < -0.39 is 0 Å². The van der Waals surface area contributed by atoms with Gasteiger partial charge in [0.15, 0.2) is 0 Å². The molecule has 0 radical (unpaired) electrons. The van der Waals surface area contributed by atoms with Gasteiger partial charge in [-0.25, -0.2) is 4.98 Å². The average molecular weight is 378 g/mol. The van der Waals surface area contributed by atoms with Crippen LogP contribution in [0.1, 0.15) is 28.8 Å². The van der Waals surface area contributed by atoms with E-state index in [9.17, 15) is 9.59 Å². The summed E-state index contributed by atoms with van der Waals surface area (Å²) in [6.07, 6.45) is 6.74.